The van der Waals surface area contributed by atoms with Crippen LogP contribution in [-0.2, 0) is 0 Å². The van der Waals surface area contributed by atoms with Gasteiger partial charge in [-0.25, -0.2) is 0 Å². The lowest BCUT2D eigenvalue weighted by atomic mass is 10.2. The summed E-state index contributed by atoms with van der Waals surface area (Å²) in [5.41, 5.74) is 7.24. The van der Waals surface area contributed by atoms with E-state index in [0.29, 0.717) is 17.4 Å². The average Bonchev–Trinajstić information content (AvgIpc) is 2.11. The maximum Gasteiger partial charge on any atom is 0.143 e. The summed E-state index contributed by atoms with van der Waals surface area (Å²) in [4.78, 5) is 0. The minimum absolute atomic E-state index is 0.372. The molecule has 1 aromatic carbocycles. The Hall–Kier alpha value is -0.930. The van der Waals surface area contributed by atoms with Crippen LogP contribution in [0.15, 0.2) is 12.1 Å². The zero-order chi connectivity index (χ0) is 9.84. The molecule has 0 aliphatic carbocycles. The van der Waals surface area contributed by atoms with Gasteiger partial charge in [0, 0.05) is 11.1 Å². The number of nitrogens with one attached hydrogen (secondary N) is 1. The van der Waals surface area contributed by atoms with Gasteiger partial charge in [-0.3, -0.25) is 0 Å². The Kier molecular flexibility index (Phi) is 3.39. The molecular formula is C9H13ClN2O. The first-order valence-corrected chi connectivity index (χ1v) is 4.35. The standard InChI is InChI=1S/C9H13ClN2O/c1-6-3-8(12-5-11)9(13-2)4-7(6)10/h3-4,12H,5,11H2,1-2H3. The topological polar surface area (TPSA) is 47.3 Å². The van der Waals surface area contributed by atoms with Crippen molar-refractivity contribution in [2.45, 2.75) is 6.92 Å². The van der Waals surface area contributed by atoms with Gasteiger partial charge < -0.3 is 15.8 Å². The fourth-order valence-electron chi connectivity index (χ4n) is 1.08. The molecule has 1 aromatic rings. The molecule has 0 saturated carbocycles. The molecule has 0 aliphatic rings. The first-order chi connectivity index (χ1) is 6.19. The van der Waals surface area contributed by atoms with E-state index in [2.05, 4.69) is 5.32 Å². The van der Waals surface area contributed by atoms with Gasteiger partial charge in [0.2, 0.25) is 0 Å². The van der Waals surface area contributed by atoms with E-state index in [9.17, 15) is 0 Å². The van der Waals surface area contributed by atoms with Crippen molar-refractivity contribution in [3.8, 4) is 5.75 Å². The lowest BCUT2D eigenvalue weighted by Crippen LogP contribution is -2.11. The van der Waals surface area contributed by atoms with Crippen LogP contribution in [0.4, 0.5) is 5.69 Å². The van der Waals surface area contributed by atoms with Gasteiger partial charge in [0.15, 0.2) is 0 Å². The van der Waals surface area contributed by atoms with Gasteiger partial charge in [-0.1, -0.05) is 11.6 Å². The zero-order valence-corrected chi connectivity index (χ0v) is 8.48. The summed E-state index contributed by atoms with van der Waals surface area (Å²) in [5, 5.41) is 3.68. The van der Waals surface area contributed by atoms with Gasteiger partial charge in [-0.05, 0) is 18.6 Å². The number of aryl methyl sites for hydroxylation is 1. The van der Waals surface area contributed by atoms with Crippen LogP contribution in [-0.4, -0.2) is 13.8 Å². The minimum atomic E-state index is 0.372. The maximum absolute atomic E-state index is 5.93. The summed E-state index contributed by atoms with van der Waals surface area (Å²) >= 11 is 5.93. The summed E-state index contributed by atoms with van der Waals surface area (Å²) in [6.45, 7) is 2.31. The minimum Gasteiger partial charge on any atom is -0.495 e. The van der Waals surface area contributed by atoms with Crippen molar-refractivity contribution in [3.63, 3.8) is 0 Å². The number of hydrogen-bond acceptors (Lipinski definition) is 3. The molecule has 0 amide bonds. The number of anilines is 1. The first-order valence-electron chi connectivity index (χ1n) is 3.97. The van der Waals surface area contributed by atoms with E-state index in [1.165, 1.54) is 0 Å². The number of nitrogens with two attached hydrogens (primary N) is 1. The molecule has 3 N–H and O–H groups in total. The highest BCUT2D eigenvalue weighted by molar-refractivity contribution is 6.31. The molecule has 1 rings (SSSR count). The predicted octanol–water partition coefficient (Wildman–Crippen LogP) is 1.99. The van der Waals surface area contributed by atoms with Gasteiger partial charge in [0.05, 0.1) is 19.5 Å². The highest BCUT2D eigenvalue weighted by Crippen LogP contribution is 2.30. The van der Waals surface area contributed by atoms with Gasteiger partial charge in [-0.2, -0.15) is 0 Å². The number of rotatable bonds is 3. The summed E-state index contributed by atoms with van der Waals surface area (Å²) in [7, 11) is 1.60. The summed E-state index contributed by atoms with van der Waals surface area (Å²) in [6.07, 6.45) is 0. The van der Waals surface area contributed by atoms with Crippen LogP contribution in [0.25, 0.3) is 0 Å². The first kappa shape index (κ1) is 10.2. The number of halogens is 1. The number of methoxy groups -OCH3 is 1. The maximum atomic E-state index is 5.93. The molecule has 0 unspecified atom stereocenters. The fourth-order valence-corrected chi connectivity index (χ4v) is 1.23. The molecule has 0 fully saturated rings. The van der Waals surface area contributed by atoms with Crippen LogP contribution in [0.1, 0.15) is 5.56 Å². The molecule has 0 aliphatic heterocycles. The average molecular weight is 201 g/mol. The summed E-state index contributed by atoms with van der Waals surface area (Å²) in [6, 6.07) is 3.68. The highest BCUT2D eigenvalue weighted by atomic mass is 35.5. The van der Waals surface area contributed by atoms with E-state index in [4.69, 9.17) is 22.1 Å². The van der Waals surface area contributed by atoms with E-state index < -0.39 is 0 Å². The molecule has 0 spiro atoms. The molecule has 0 saturated heterocycles. The zero-order valence-electron chi connectivity index (χ0n) is 7.73. The molecular weight excluding hydrogens is 188 g/mol. The van der Waals surface area contributed by atoms with E-state index in [1.807, 2.05) is 13.0 Å². The van der Waals surface area contributed by atoms with Crippen molar-refractivity contribution in [3.05, 3.63) is 22.7 Å². The second kappa shape index (κ2) is 4.35. The molecule has 0 heterocycles. The second-order valence-electron chi connectivity index (χ2n) is 2.68. The SMILES string of the molecule is COc1cc(Cl)c(C)cc1NCN. The quantitative estimate of drug-likeness (QED) is 0.734. The number of benzene rings is 1. The lowest BCUT2D eigenvalue weighted by molar-refractivity contribution is 0.416. The van der Waals surface area contributed by atoms with Crippen LogP contribution in [0, 0.1) is 6.92 Å². The van der Waals surface area contributed by atoms with Gasteiger partial charge in [-0.15, -0.1) is 0 Å². The normalized spacial score (nSPS) is 9.85. The van der Waals surface area contributed by atoms with Gasteiger partial charge >= 0.3 is 0 Å². The van der Waals surface area contributed by atoms with Crippen molar-refractivity contribution in [1.82, 2.24) is 0 Å². The Morgan fingerprint density at radius 3 is 2.77 bits per heavy atom. The Balaban J connectivity index is 3.09. The van der Waals surface area contributed by atoms with E-state index in [-0.39, 0.29) is 0 Å². The van der Waals surface area contributed by atoms with Crippen LogP contribution in [0.2, 0.25) is 5.02 Å². The van der Waals surface area contributed by atoms with Crippen molar-refractivity contribution < 1.29 is 4.74 Å². The molecule has 72 valence electrons. The van der Waals surface area contributed by atoms with Crippen molar-refractivity contribution in [2.24, 2.45) is 5.73 Å². The lowest BCUT2D eigenvalue weighted by Gasteiger charge is -2.11. The highest BCUT2D eigenvalue weighted by Gasteiger charge is 2.05. The molecule has 0 bridgehead atoms. The smallest absolute Gasteiger partial charge is 0.143 e. The van der Waals surface area contributed by atoms with Crippen LogP contribution in [0.3, 0.4) is 0 Å². The molecule has 13 heavy (non-hydrogen) atoms. The summed E-state index contributed by atoms with van der Waals surface area (Å²) in [5.74, 6) is 0.709. The summed E-state index contributed by atoms with van der Waals surface area (Å²) < 4.78 is 5.13. The monoisotopic (exact) mass is 200 g/mol. The molecule has 4 heteroatoms. The van der Waals surface area contributed by atoms with Crippen molar-refractivity contribution >= 4 is 17.3 Å². The van der Waals surface area contributed by atoms with Crippen LogP contribution < -0.4 is 15.8 Å². The van der Waals surface area contributed by atoms with Crippen molar-refractivity contribution in [2.75, 3.05) is 19.1 Å². The Labute approximate surface area is 82.8 Å². The van der Waals surface area contributed by atoms with Crippen molar-refractivity contribution in [1.29, 1.82) is 0 Å². The van der Waals surface area contributed by atoms with Crippen LogP contribution in [0.5, 0.6) is 5.75 Å². The van der Waals surface area contributed by atoms with Gasteiger partial charge in [0.25, 0.3) is 0 Å². The van der Waals surface area contributed by atoms with Crippen LogP contribution >= 0.6 is 11.6 Å². The third kappa shape index (κ3) is 2.26. The second-order valence-corrected chi connectivity index (χ2v) is 3.09. The molecule has 0 radical (unpaired) electrons. The number of hydrogen-bond donors (Lipinski definition) is 2. The molecule has 3 nitrogen and oxygen atoms in total. The van der Waals surface area contributed by atoms with E-state index >= 15 is 0 Å². The third-order valence-electron chi connectivity index (χ3n) is 1.77. The Bertz CT molecular complexity index is 302. The van der Waals surface area contributed by atoms with Gasteiger partial charge in [0.1, 0.15) is 5.75 Å². The molecule has 0 atom stereocenters. The van der Waals surface area contributed by atoms with E-state index in [1.54, 1.807) is 13.2 Å². The predicted molar refractivity (Wildman–Crippen MR) is 55.4 cm³/mol. The Morgan fingerprint density at radius 1 is 1.54 bits per heavy atom. The largest absolute Gasteiger partial charge is 0.495 e. The fraction of sp³-hybridized carbons (Fsp3) is 0.333. The molecule has 0 aromatic heterocycles. The Morgan fingerprint density at radius 2 is 2.23 bits per heavy atom. The number of ether oxygens (including phenoxy) is 1. The third-order valence-corrected chi connectivity index (χ3v) is 2.18. The van der Waals surface area contributed by atoms with E-state index in [0.717, 1.165) is 11.3 Å².